The number of hydrogen-bond donors (Lipinski definition) is 2. The average Bonchev–Trinajstić information content (AvgIpc) is 2.47. The molecule has 1 atom stereocenters. The first-order valence-electron chi connectivity index (χ1n) is 7.03. The second-order valence-corrected chi connectivity index (χ2v) is 5.12. The maximum atomic E-state index is 9.76. The fourth-order valence-electron chi connectivity index (χ4n) is 2.75. The lowest BCUT2D eigenvalue weighted by molar-refractivity contribution is 0.188. The Labute approximate surface area is 119 Å². The lowest BCUT2D eigenvalue weighted by Crippen LogP contribution is -2.16. The quantitative estimate of drug-likeness (QED) is 0.835. The molecule has 0 amide bonds. The van der Waals surface area contributed by atoms with E-state index in [-0.39, 0.29) is 6.10 Å². The molecule has 0 fully saturated rings. The molecule has 2 N–H and O–H groups in total. The van der Waals surface area contributed by atoms with Crippen LogP contribution in [0.1, 0.15) is 24.5 Å². The molecule has 1 unspecified atom stereocenters. The molecule has 20 heavy (non-hydrogen) atoms. The van der Waals surface area contributed by atoms with Gasteiger partial charge in [-0.15, -0.1) is 0 Å². The number of nitrogens with one attached hydrogen (secondary N) is 1. The number of phenols is 1. The van der Waals surface area contributed by atoms with Crippen LogP contribution < -0.4 is 10.1 Å². The average molecular weight is 269 g/mol. The number of rotatable bonds is 4. The lowest BCUT2D eigenvalue weighted by Gasteiger charge is -2.29. The van der Waals surface area contributed by atoms with Gasteiger partial charge in [0.2, 0.25) is 0 Å². The van der Waals surface area contributed by atoms with Gasteiger partial charge >= 0.3 is 0 Å². The number of benzene rings is 2. The van der Waals surface area contributed by atoms with Crippen LogP contribution in [-0.2, 0) is 0 Å². The molecule has 0 aliphatic carbocycles. The Morgan fingerprint density at radius 3 is 2.85 bits per heavy atom. The summed E-state index contributed by atoms with van der Waals surface area (Å²) in [4.78, 5) is 0. The zero-order valence-corrected chi connectivity index (χ0v) is 11.6. The van der Waals surface area contributed by atoms with Crippen molar-refractivity contribution in [2.75, 3.05) is 13.6 Å². The highest BCUT2D eigenvalue weighted by Crippen LogP contribution is 2.44. The summed E-state index contributed by atoms with van der Waals surface area (Å²) in [5, 5.41) is 12.9. The van der Waals surface area contributed by atoms with Crippen LogP contribution in [0.15, 0.2) is 42.5 Å². The zero-order chi connectivity index (χ0) is 13.9. The van der Waals surface area contributed by atoms with Crippen molar-refractivity contribution in [3.8, 4) is 22.6 Å². The van der Waals surface area contributed by atoms with E-state index in [2.05, 4.69) is 11.4 Å². The first kappa shape index (κ1) is 13.0. The summed E-state index contributed by atoms with van der Waals surface area (Å²) in [7, 11) is 1.96. The standard InChI is InChI=1S/C17H19NO2/c1-18-10-4-7-17-15-11-12(19)8-9-13(15)14-5-2-3-6-16(14)20-17/h2-3,5-6,8-9,11,17-19H,4,7,10H2,1H3. The number of ether oxygens (including phenoxy) is 1. The Kier molecular flexibility index (Phi) is 3.61. The van der Waals surface area contributed by atoms with Crippen molar-refractivity contribution in [2.45, 2.75) is 18.9 Å². The minimum Gasteiger partial charge on any atom is -0.508 e. The van der Waals surface area contributed by atoms with Gasteiger partial charge in [-0.05, 0) is 50.2 Å². The third kappa shape index (κ3) is 2.37. The van der Waals surface area contributed by atoms with Gasteiger partial charge in [-0.3, -0.25) is 0 Å². The normalized spacial score (nSPS) is 16.1. The molecule has 1 aliphatic heterocycles. The third-order valence-corrected chi connectivity index (χ3v) is 3.72. The Balaban J connectivity index is 1.99. The summed E-state index contributed by atoms with van der Waals surface area (Å²) in [6.45, 7) is 0.968. The summed E-state index contributed by atoms with van der Waals surface area (Å²) in [6, 6.07) is 13.6. The van der Waals surface area contributed by atoms with E-state index < -0.39 is 0 Å². The molecule has 0 spiro atoms. The van der Waals surface area contributed by atoms with Crippen molar-refractivity contribution in [1.29, 1.82) is 0 Å². The fourth-order valence-corrected chi connectivity index (χ4v) is 2.75. The topological polar surface area (TPSA) is 41.5 Å². The van der Waals surface area contributed by atoms with Crippen LogP contribution in [0, 0.1) is 0 Å². The van der Waals surface area contributed by atoms with Gasteiger partial charge in [-0.2, -0.15) is 0 Å². The molecule has 2 aromatic carbocycles. The van der Waals surface area contributed by atoms with Gasteiger partial charge in [-0.25, -0.2) is 0 Å². The molecule has 0 saturated heterocycles. The highest BCUT2D eigenvalue weighted by molar-refractivity contribution is 5.76. The van der Waals surface area contributed by atoms with E-state index in [0.29, 0.717) is 5.75 Å². The first-order valence-corrected chi connectivity index (χ1v) is 7.03. The second-order valence-electron chi connectivity index (χ2n) is 5.12. The smallest absolute Gasteiger partial charge is 0.128 e. The predicted molar refractivity (Wildman–Crippen MR) is 80.1 cm³/mol. The van der Waals surface area contributed by atoms with Crippen molar-refractivity contribution < 1.29 is 9.84 Å². The molecular formula is C17H19NO2. The molecule has 3 rings (SSSR count). The summed E-state index contributed by atoms with van der Waals surface area (Å²) in [5.74, 6) is 1.23. The summed E-state index contributed by atoms with van der Waals surface area (Å²) in [6.07, 6.45) is 1.99. The van der Waals surface area contributed by atoms with Crippen LogP contribution >= 0.6 is 0 Å². The van der Waals surface area contributed by atoms with E-state index in [1.807, 2.05) is 37.4 Å². The van der Waals surface area contributed by atoms with Crippen molar-refractivity contribution in [2.24, 2.45) is 0 Å². The van der Waals surface area contributed by atoms with Gasteiger partial charge in [0.1, 0.15) is 17.6 Å². The third-order valence-electron chi connectivity index (χ3n) is 3.72. The van der Waals surface area contributed by atoms with Crippen molar-refractivity contribution >= 4 is 0 Å². The van der Waals surface area contributed by atoms with Crippen LogP contribution in [0.5, 0.6) is 11.5 Å². The molecule has 104 valence electrons. The molecule has 0 bridgehead atoms. The molecule has 1 aliphatic rings. The number of phenolic OH excluding ortho intramolecular Hbond substituents is 1. The van der Waals surface area contributed by atoms with Crippen molar-refractivity contribution in [1.82, 2.24) is 5.32 Å². The number of fused-ring (bicyclic) bond motifs is 3. The van der Waals surface area contributed by atoms with Gasteiger partial charge in [0.25, 0.3) is 0 Å². The highest BCUT2D eigenvalue weighted by Gasteiger charge is 2.25. The predicted octanol–water partition coefficient (Wildman–Crippen LogP) is 3.49. The van der Waals surface area contributed by atoms with Gasteiger partial charge in [-0.1, -0.05) is 24.3 Å². The van der Waals surface area contributed by atoms with E-state index >= 15 is 0 Å². The Bertz CT molecular complexity index is 610. The van der Waals surface area contributed by atoms with Gasteiger partial charge in [0, 0.05) is 11.1 Å². The van der Waals surface area contributed by atoms with Crippen LogP contribution in [0.25, 0.3) is 11.1 Å². The monoisotopic (exact) mass is 269 g/mol. The van der Waals surface area contributed by atoms with Gasteiger partial charge in [0.15, 0.2) is 0 Å². The van der Waals surface area contributed by atoms with E-state index in [4.69, 9.17) is 4.74 Å². The minimum atomic E-state index is 0.0142. The first-order chi connectivity index (χ1) is 9.79. The largest absolute Gasteiger partial charge is 0.508 e. The van der Waals surface area contributed by atoms with E-state index in [9.17, 15) is 5.11 Å². The van der Waals surface area contributed by atoms with Gasteiger partial charge in [0.05, 0.1) is 0 Å². The molecule has 0 aromatic heterocycles. The molecule has 0 radical (unpaired) electrons. The van der Waals surface area contributed by atoms with Crippen LogP contribution in [0.3, 0.4) is 0 Å². The Hall–Kier alpha value is -2.00. The minimum absolute atomic E-state index is 0.0142. The fraction of sp³-hybridized carbons (Fsp3) is 0.294. The van der Waals surface area contributed by atoms with Crippen LogP contribution in [-0.4, -0.2) is 18.7 Å². The summed E-state index contributed by atoms with van der Waals surface area (Å²) < 4.78 is 6.12. The van der Waals surface area contributed by atoms with Crippen molar-refractivity contribution in [3.05, 3.63) is 48.0 Å². The molecular weight excluding hydrogens is 250 g/mol. The van der Waals surface area contributed by atoms with Crippen LogP contribution in [0.2, 0.25) is 0 Å². The summed E-state index contributed by atoms with van der Waals surface area (Å²) in [5.41, 5.74) is 3.35. The molecule has 2 aromatic rings. The molecule has 1 heterocycles. The molecule has 0 saturated carbocycles. The van der Waals surface area contributed by atoms with Gasteiger partial charge < -0.3 is 15.2 Å². The zero-order valence-electron chi connectivity index (χ0n) is 11.6. The molecule has 3 nitrogen and oxygen atoms in total. The highest BCUT2D eigenvalue weighted by atomic mass is 16.5. The van der Waals surface area contributed by atoms with E-state index in [1.165, 1.54) is 5.56 Å². The number of aromatic hydroxyl groups is 1. The summed E-state index contributed by atoms with van der Waals surface area (Å²) >= 11 is 0. The number of para-hydroxylation sites is 1. The lowest BCUT2D eigenvalue weighted by atomic mass is 9.91. The molecule has 3 heteroatoms. The maximum absolute atomic E-state index is 9.76. The van der Waals surface area contributed by atoms with E-state index in [0.717, 1.165) is 36.3 Å². The van der Waals surface area contributed by atoms with Crippen LogP contribution in [0.4, 0.5) is 0 Å². The second kappa shape index (κ2) is 5.55. The van der Waals surface area contributed by atoms with E-state index in [1.54, 1.807) is 6.07 Å². The Morgan fingerprint density at radius 2 is 2.00 bits per heavy atom. The van der Waals surface area contributed by atoms with Crippen molar-refractivity contribution in [3.63, 3.8) is 0 Å². The maximum Gasteiger partial charge on any atom is 0.128 e. The number of hydrogen-bond acceptors (Lipinski definition) is 3. The Morgan fingerprint density at radius 1 is 1.15 bits per heavy atom. The SMILES string of the molecule is CNCCCC1Oc2ccccc2-c2ccc(O)cc21.